The molecule has 7 nitrogen and oxygen atoms in total. The number of amides is 1. The van der Waals surface area contributed by atoms with Gasteiger partial charge in [-0.15, -0.1) is 0 Å². The molecule has 0 spiro atoms. The molecule has 0 fully saturated rings. The van der Waals surface area contributed by atoms with E-state index in [1.807, 2.05) is 6.92 Å². The molecule has 0 N–H and O–H groups in total. The summed E-state index contributed by atoms with van der Waals surface area (Å²) in [5.74, 6) is -0.991. The molecule has 0 bridgehead atoms. The minimum Gasteiger partial charge on any atom is -0.462 e. The van der Waals surface area contributed by atoms with Crippen LogP contribution in [0.5, 0.6) is 0 Å². The Balaban J connectivity index is 2.62. The maximum Gasteiger partial charge on any atom is 0.338 e. The summed E-state index contributed by atoms with van der Waals surface area (Å²) in [7, 11) is 0. The molecule has 0 atom stereocenters. The van der Waals surface area contributed by atoms with E-state index < -0.39 is 10.9 Å². The summed E-state index contributed by atoms with van der Waals surface area (Å²) in [5, 5.41) is 12.3. The highest BCUT2D eigenvalue weighted by atomic mass is 35.5. The highest BCUT2D eigenvalue weighted by Gasteiger charge is 2.27. The third-order valence-electron chi connectivity index (χ3n) is 4.12. The van der Waals surface area contributed by atoms with Gasteiger partial charge in [0, 0.05) is 28.1 Å². The predicted molar refractivity (Wildman–Crippen MR) is 112 cm³/mol. The van der Waals surface area contributed by atoms with Crippen LogP contribution in [0.4, 0.5) is 11.4 Å². The second-order valence-electron chi connectivity index (χ2n) is 6.11. The minimum absolute atomic E-state index is 0.0185. The van der Waals surface area contributed by atoms with Crippen molar-refractivity contribution in [3.63, 3.8) is 0 Å². The molecule has 1 amide bonds. The fourth-order valence-electron chi connectivity index (χ4n) is 2.73. The molecule has 0 saturated carbocycles. The number of nitrogens with zero attached hydrogens (tertiary/aromatic N) is 2. The summed E-state index contributed by atoms with van der Waals surface area (Å²) in [4.78, 5) is 37.2. The highest BCUT2D eigenvalue weighted by molar-refractivity contribution is 6.36. The first-order valence-corrected chi connectivity index (χ1v) is 9.74. The van der Waals surface area contributed by atoms with E-state index in [0.29, 0.717) is 22.0 Å². The summed E-state index contributed by atoms with van der Waals surface area (Å²) >= 11 is 12.5. The molecule has 0 aliphatic rings. The largest absolute Gasteiger partial charge is 0.462 e. The van der Waals surface area contributed by atoms with Crippen molar-refractivity contribution in [1.29, 1.82) is 0 Å². The molecule has 0 aliphatic heterocycles. The van der Waals surface area contributed by atoms with Crippen molar-refractivity contribution in [3.05, 3.63) is 67.7 Å². The van der Waals surface area contributed by atoms with Gasteiger partial charge in [0.15, 0.2) is 0 Å². The number of carbonyl (C=O) groups excluding carboxylic acids is 2. The van der Waals surface area contributed by atoms with E-state index in [9.17, 15) is 19.7 Å². The van der Waals surface area contributed by atoms with Gasteiger partial charge < -0.3 is 9.64 Å². The van der Waals surface area contributed by atoms with Gasteiger partial charge in [-0.05, 0) is 37.6 Å². The SMILES string of the molecule is CCCC(=O)N(Cc1c(Cl)cccc1Cl)c1cc(C(=O)OCC)ccc1[N+](=O)[O-]. The Kier molecular flexibility index (Phi) is 7.99. The fraction of sp³-hybridized carbons (Fsp3) is 0.300. The second kappa shape index (κ2) is 10.2. The van der Waals surface area contributed by atoms with Crippen LogP contribution < -0.4 is 4.90 Å². The van der Waals surface area contributed by atoms with Gasteiger partial charge in [0.2, 0.25) is 5.91 Å². The number of benzene rings is 2. The van der Waals surface area contributed by atoms with Crippen LogP contribution in [0.3, 0.4) is 0 Å². The lowest BCUT2D eigenvalue weighted by atomic mass is 10.1. The molecule has 0 saturated heterocycles. The van der Waals surface area contributed by atoms with E-state index >= 15 is 0 Å². The third-order valence-corrected chi connectivity index (χ3v) is 4.83. The highest BCUT2D eigenvalue weighted by Crippen LogP contribution is 2.34. The zero-order valence-corrected chi connectivity index (χ0v) is 17.5. The molecular weight excluding hydrogens is 419 g/mol. The Morgan fingerprint density at radius 2 is 1.79 bits per heavy atom. The second-order valence-corrected chi connectivity index (χ2v) is 6.93. The number of esters is 1. The van der Waals surface area contributed by atoms with E-state index in [0.717, 1.165) is 0 Å². The van der Waals surface area contributed by atoms with E-state index in [1.54, 1.807) is 25.1 Å². The van der Waals surface area contributed by atoms with Gasteiger partial charge in [0.05, 0.1) is 23.6 Å². The fourth-order valence-corrected chi connectivity index (χ4v) is 3.25. The maximum absolute atomic E-state index is 12.9. The van der Waals surface area contributed by atoms with Crippen LogP contribution >= 0.6 is 23.2 Å². The van der Waals surface area contributed by atoms with E-state index in [-0.39, 0.29) is 42.4 Å². The van der Waals surface area contributed by atoms with Gasteiger partial charge in [-0.1, -0.05) is 36.2 Å². The maximum atomic E-state index is 12.9. The first-order valence-electron chi connectivity index (χ1n) is 8.98. The Morgan fingerprint density at radius 1 is 1.14 bits per heavy atom. The van der Waals surface area contributed by atoms with Crippen molar-refractivity contribution >= 4 is 46.5 Å². The number of carbonyl (C=O) groups is 2. The van der Waals surface area contributed by atoms with Crippen LogP contribution in [0.1, 0.15) is 42.6 Å². The van der Waals surface area contributed by atoms with Gasteiger partial charge in [0.25, 0.3) is 5.69 Å². The zero-order chi connectivity index (χ0) is 21.6. The minimum atomic E-state index is -0.637. The molecule has 0 aromatic heterocycles. The van der Waals surface area contributed by atoms with Gasteiger partial charge in [-0.3, -0.25) is 14.9 Å². The predicted octanol–water partition coefficient (Wildman–Crippen LogP) is 5.41. The molecule has 154 valence electrons. The average Bonchev–Trinajstić information content (AvgIpc) is 2.67. The van der Waals surface area contributed by atoms with Crippen LogP contribution in [0, 0.1) is 10.1 Å². The molecule has 0 unspecified atom stereocenters. The van der Waals surface area contributed by atoms with Crippen LogP contribution in [0.15, 0.2) is 36.4 Å². The molecule has 0 aliphatic carbocycles. The van der Waals surface area contributed by atoms with Crippen molar-refractivity contribution in [3.8, 4) is 0 Å². The summed E-state index contributed by atoms with van der Waals surface area (Å²) in [6, 6.07) is 8.67. The Labute approximate surface area is 178 Å². The lowest BCUT2D eigenvalue weighted by Crippen LogP contribution is -2.31. The summed E-state index contributed by atoms with van der Waals surface area (Å²) in [6.07, 6.45) is 0.694. The number of anilines is 1. The number of nitro groups is 1. The number of halogens is 2. The van der Waals surface area contributed by atoms with Crippen molar-refractivity contribution in [2.45, 2.75) is 33.2 Å². The Bertz CT molecular complexity index is 913. The molecule has 9 heteroatoms. The third kappa shape index (κ3) is 5.46. The number of hydrogen-bond donors (Lipinski definition) is 0. The van der Waals surface area contributed by atoms with Gasteiger partial charge in [-0.2, -0.15) is 0 Å². The average molecular weight is 439 g/mol. The smallest absolute Gasteiger partial charge is 0.338 e. The van der Waals surface area contributed by atoms with Gasteiger partial charge >= 0.3 is 5.97 Å². The van der Waals surface area contributed by atoms with E-state index in [1.165, 1.54) is 23.1 Å². The van der Waals surface area contributed by atoms with Gasteiger partial charge in [0.1, 0.15) is 5.69 Å². The van der Waals surface area contributed by atoms with Crippen LogP contribution in [0.2, 0.25) is 10.0 Å². The molecule has 0 radical (unpaired) electrons. The Hall–Kier alpha value is -2.64. The first kappa shape index (κ1) is 22.6. The normalized spacial score (nSPS) is 10.5. The van der Waals surface area contributed by atoms with Crippen LogP contribution in [-0.4, -0.2) is 23.4 Å². The summed E-state index contributed by atoms with van der Waals surface area (Å²) in [5.41, 5.74) is 0.226. The van der Waals surface area contributed by atoms with Crippen molar-refractivity contribution in [1.82, 2.24) is 0 Å². The van der Waals surface area contributed by atoms with Crippen molar-refractivity contribution < 1.29 is 19.2 Å². The van der Waals surface area contributed by atoms with Gasteiger partial charge in [-0.25, -0.2) is 4.79 Å². The molecule has 0 heterocycles. The lowest BCUT2D eigenvalue weighted by Gasteiger charge is -2.24. The molecule has 2 rings (SSSR count). The molecule has 2 aromatic carbocycles. The number of nitro benzene ring substituents is 1. The van der Waals surface area contributed by atoms with E-state index in [2.05, 4.69) is 0 Å². The van der Waals surface area contributed by atoms with Crippen LogP contribution in [-0.2, 0) is 16.1 Å². The molecule has 29 heavy (non-hydrogen) atoms. The topological polar surface area (TPSA) is 89.8 Å². The summed E-state index contributed by atoms with van der Waals surface area (Å²) < 4.78 is 4.97. The first-order chi connectivity index (χ1) is 13.8. The van der Waals surface area contributed by atoms with Crippen molar-refractivity contribution in [2.75, 3.05) is 11.5 Å². The zero-order valence-electron chi connectivity index (χ0n) is 16.0. The lowest BCUT2D eigenvalue weighted by molar-refractivity contribution is -0.384. The number of hydrogen-bond acceptors (Lipinski definition) is 5. The van der Waals surface area contributed by atoms with E-state index in [4.69, 9.17) is 27.9 Å². The monoisotopic (exact) mass is 438 g/mol. The van der Waals surface area contributed by atoms with Crippen LogP contribution in [0.25, 0.3) is 0 Å². The summed E-state index contributed by atoms with van der Waals surface area (Å²) in [6.45, 7) is 3.55. The standard InChI is InChI=1S/C20H20Cl2N2O5/c1-3-6-19(25)23(12-14-15(21)7-5-8-16(14)22)18-11-13(20(26)29-4-2)9-10-17(18)24(27)28/h5,7-11H,3-4,6,12H2,1-2H3. The number of ether oxygens (including phenoxy) is 1. The quantitative estimate of drug-likeness (QED) is 0.312. The molecular formula is C20H20Cl2N2O5. The van der Waals surface area contributed by atoms with Crippen molar-refractivity contribution in [2.24, 2.45) is 0 Å². The molecule has 2 aromatic rings. The number of rotatable bonds is 8. The Morgan fingerprint density at radius 3 is 2.34 bits per heavy atom.